The van der Waals surface area contributed by atoms with Crippen LogP contribution in [-0.4, -0.2) is 34.2 Å². The molecule has 0 atom stereocenters. The topological polar surface area (TPSA) is 88.5 Å². The number of carbonyl (C=O) groups is 2. The molecule has 0 aliphatic carbocycles. The summed E-state index contributed by atoms with van der Waals surface area (Å²) in [6.07, 6.45) is 2.00. The summed E-state index contributed by atoms with van der Waals surface area (Å²) in [6.45, 7) is 10.8. The van der Waals surface area contributed by atoms with Crippen molar-refractivity contribution >= 4 is 17.7 Å². The van der Waals surface area contributed by atoms with Gasteiger partial charge in [-0.05, 0) is 44.4 Å². The van der Waals surface area contributed by atoms with Crippen molar-refractivity contribution in [1.29, 1.82) is 0 Å². The summed E-state index contributed by atoms with van der Waals surface area (Å²) in [5.74, 6) is -0.0916. The highest BCUT2D eigenvalue weighted by atomic mass is 16.6. The smallest absolute Gasteiger partial charge is 0.310 e. The van der Waals surface area contributed by atoms with Gasteiger partial charge in [-0.2, -0.15) is 0 Å². The van der Waals surface area contributed by atoms with Gasteiger partial charge in [-0.15, -0.1) is 0 Å². The first-order valence-corrected chi connectivity index (χ1v) is 8.04. The van der Waals surface area contributed by atoms with Crippen LogP contribution in [0.15, 0.2) is 12.3 Å². The second-order valence-electron chi connectivity index (χ2n) is 7.78. The van der Waals surface area contributed by atoms with Crippen LogP contribution in [0.2, 0.25) is 0 Å². The molecular weight excluding hydrogens is 308 g/mol. The Morgan fingerprint density at radius 1 is 1.17 bits per heavy atom. The van der Waals surface area contributed by atoms with Gasteiger partial charge in [0.15, 0.2) is 0 Å². The first-order valence-electron chi connectivity index (χ1n) is 8.04. The highest BCUT2D eigenvalue weighted by Crippen LogP contribution is 2.20. The molecule has 6 heteroatoms. The molecule has 24 heavy (non-hydrogen) atoms. The maximum atomic E-state index is 12.0. The minimum Gasteiger partial charge on any atom is -0.460 e. The van der Waals surface area contributed by atoms with Crippen molar-refractivity contribution in [3.05, 3.63) is 23.4 Å². The molecule has 1 aromatic heterocycles. The molecule has 0 fully saturated rings. The Hall–Kier alpha value is -1.95. The Balaban J connectivity index is 2.95. The summed E-state index contributed by atoms with van der Waals surface area (Å²) in [6, 6.07) is 1.69. The average Bonchev–Trinajstić information content (AvgIpc) is 2.38. The Labute approximate surface area is 143 Å². The number of hydrogen-bond acceptors (Lipinski definition) is 5. The molecule has 0 aromatic carbocycles. The SMILES string of the molecule is CC(C)(C)OC(=O)Cc1cnc(NC(=O)C(C)(C)C)cc1CCO. The van der Waals surface area contributed by atoms with E-state index >= 15 is 0 Å². The molecule has 0 bridgehead atoms. The number of anilines is 1. The van der Waals surface area contributed by atoms with Gasteiger partial charge in [0.2, 0.25) is 5.91 Å². The molecule has 1 aromatic rings. The summed E-state index contributed by atoms with van der Waals surface area (Å²) in [5.41, 5.74) is 0.366. The van der Waals surface area contributed by atoms with E-state index in [-0.39, 0.29) is 24.9 Å². The van der Waals surface area contributed by atoms with Gasteiger partial charge in [-0.25, -0.2) is 4.98 Å². The van der Waals surface area contributed by atoms with Gasteiger partial charge < -0.3 is 15.2 Å². The van der Waals surface area contributed by atoms with Gasteiger partial charge in [-0.1, -0.05) is 20.8 Å². The summed E-state index contributed by atoms with van der Waals surface area (Å²) in [5, 5.41) is 12.0. The molecule has 134 valence electrons. The fourth-order valence-electron chi connectivity index (χ4n) is 1.94. The molecule has 0 saturated carbocycles. The lowest BCUT2D eigenvalue weighted by atomic mass is 9.95. The van der Waals surface area contributed by atoms with Gasteiger partial charge in [0.05, 0.1) is 6.42 Å². The van der Waals surface area contributed by atoms with Crippen molar-refractivity contribution in [2.24, 2.45) is 5.41 Å². The fourth-order valence-corrected chi connectivity index (χ4v) is 1.94. The number of esters is 1. The minimum atomic E-state index is -0.553. The van der Waals surface area contributed by atoms with E-state index in [4.69, 9.17) is 4.74 Å². The van der Waals surface area contributed by atoms with E-state index in [1.54, 1.807) is 12.3 Å². The van der Waals surface area contributed by atoms with E-state index in [1.165, 1.54) is 0 Å². The lowest BCUT2D eigenvalue weighted by Gasteiger charge is -2.20. The molecule has 0 saturated heterocycles. The van der Waals surface area contributed by atoms with Crippen LogP contribution >= 0.6 is 0 Å². The second kappa shape index (κ2) is 7.75. The van der Waals surface area contributed by atoms with Crippen molar-refractivity contribution in [3.63, 3.8) is 0 Å². The zero-order valence-corrected chi connectivity index (χ0v) is 15.4. The molecule has 1 amide bonds. The third kappa shape index (κ3) is 6.66. The normalized spacial score (nSPS) is 12.0. The number of rotatable bonds is 5. The van der Waals surface area contributed by atoms with E-state index in [0.29, 0.717) is 17.8 Å². The molecule has 2 N–H and O–H groups in total. The Morgan fingerprint density at radius 2 is 1.79 bits per heavy atom. The monoisotopic (exact) mass is 336 g/mol. The van der Waals surface area contributed by atoms with E-state index < -0.39 is 11.0 Å². The van der Waals surface area contributed by atoms with Crippen LogP contribution < -0.4 is 5.32 Å². The number of hydrogen-bond donors (Lipinski definition) is 2. The fraction of sp³-hybridized carbons (Fsp3) is 0.611. The second-order valence-corrected chi connectivity index (χ2v) is 7.78. The lowest BCUT2D eigenvalue weighted by molar-refractivity contribution is -0.153. The third-order valence-electron chi connectivity index (χ3n) is 3.14. The molecule has 6 nitrogen and oxygen atoms in total. The molecule has 0 aliphatic rings. The predicted octanol–water partition coefficient (Wildman–Crippen LogP) is 2.49. The minimum absolute atomic E-state index is 0.0576. The molecule has 1 heterocycles. The maximum Gasteiger partial charge on any atom is 0.310 e. The van der Waals surface area contributed by atoms with Crippen molar-refractivity contribution in [2.75, 3.05) is 11.9 Å². The number of carbonyl (C=O) groups excluding carboxylic acids is 2. The van der Waals surface area contributed by atoms with Crippen LogP contribution in [0.1, 0.15) is 52.7 Å². The summed E-state index contributed by atoms with van der Waals surface area (Å²) < 4.78 is 5.32. The van der Waals surface area contributed by atoms with Crippen LogP contribution in [0.3, 0.4) is 0 Å². The zero-order valence-electron chi connectivity index (χ0n) is 15.4. The number of nitrogens with zero attached hydrogens (tertiary/aromatic N) is 1. The number of ether oxygens (including phenoxy) is 1. The largest absolute Gasteiger partial charge is 0.460 e. The van der Waals surface area contributed by atoms with Crippen LogP contribution in [0.5, 0.6) is 0 Å². The lowest BCUT2D eigenvalue weighted by Crippen LogP contribution is -2.28. The first-order chi connectivity index (χ1) is 10.9. The number of amides is 1. The van der Waals surface area contributed by atoms with E-state index in [1.807, 2.05) is 41.5 Å². The number of aliphatic hydroxyl groups is 1. The van der Waals surface area contributed by atoms with Crippen molar-refractivity contribution in [3.8, 4) is 0 Å². The maximum absolute atomic E-state index is 12.0. The van der Waals surface area contributed by atoms with Gasteiger partial charge in [-0.3, -0.25) is 9.59 Å². The molecule has 1 rings (SSSR count). The highest BCUT2D eigenvalue weighted by Gasteiger charge is 2.22. The van der Waals surface area contributed by atoms with Gasteiger partial charge in [0.25, 0.3) is 0 Å². The number of aromatic nitrogens is 1. The molecule has 0 unspecified atom stereocenters. The van der Waals surface area contributed by atoms with E-state index in [2.05, 4.69) is 10.3 Å². The van der Waals surface area contributed by atoms with E-state index in [0.717, 1.165) is 5.56 Å². The predicted molar refractivity (Wildman–Crippen MR) is 92.7 cm³/mol. The van der Waals surface area contributed by atoms with Gasteiger partial charge in [0.1, 0.15) is 11.4 Å². The molecule has 0 spiro atoms. The standard InChI is InChI=1S/C18H28N2O4/c1-17(2,3)16(23)20-14-9-12(7-8-21)13(11-19-14)10-15(22)24-18(4,5)6/h9,11,21H,7-8,10H2,1-6H3,(H,19,20,23). The molecular formula is C18H28N2O4. The van der Waals surface area contributed by atoms with Crippen molar-refractivity contribution in [1.82, 2.24) is 4.98 Å². The summed E-state index contributed by atoms with van der Waals surface area (Å²) in [7, 11) is 0. The summed E-state index contributed by atoms with van der Waals surface area (Å²) in [4.78, 5) is 28.2. The van der Waals surface area contributed by atoms with Gasteiger partial charge >= 0.3 is 5.97 Å². The van der Waals surface area contributed by atoms with Crippen molar-refractivity contribution in [2.45, 2.75) is 60.0 Å². The quantitative estimate of drug-likeness (QED) is 0.807. The van der Waals surface area contributed by atoms with Crippen LogP contribution in [-0.2, 0) is 27.2 Å². The third-order valence-corrected chi connectivity index (χ3v) is 3.14. The average molecular weight is 336 g/mol. The number of nitrogens with one attached hydrogen (secondary N) is 1. The number of pyridine rings is 1. The number of aliphatic hydroxyl groups excluding tert-OH is 1. The van der Waals surface area contributed by atoms with Crippen LogP contribution in [0, 0.1) is 5.41 Å². The van der Waals surface area contributed by atoms with E-state index in [9.17, 15) is 14.7 Å². The Bertz CT molecular complexity index is 598. The summed E-state index contributed by atoms with van der Waals surface area (Å²) >= 11 is 0. The molecule has 0 radical (unpaired) electrons. The Morgan fingerprint density at radius 3 is 2.29 bits per heavy atom. The first kappa shape index (κ1) is 20.1. The van der Waals surface area contributed by atoms with Crippen molar-refractivity contribution < 1.29 is 19.4 Å². The molecule has 0 aliphatic heterocycles. The zero-order chi connectivity index (χ0) is 18.5. The Kier molecular flexibility index (Phi) is 6.49. The van der Waals surface area contributed by atoms with Gasteiger partial charge in [0, 0.05) is 18.2 Å². The van der Waals surface area contributed by atoms with Crippen LogP contribution in [0.4, 0.5) is 5.82 Å². The van der Waals surface area contributed by atoms with Crippen LogP contribution in [0.25, 0.3) is 0 Å². The highest BCUT2D eigenvalue weighted by molar-refractivity contribution is 5.93.